The van der Waals surface area contributed by atoms with Gasteiger partial charge in [-0.05, 0) is 19.4 Å². The fraction of sp³-hybridized carbons (Fsp3) is 0.286. The third-order valence-corrected chi connectivity index (χ3v) is 3.52. The SMILES string of the molecule is Cc1c(CCC(=O)O)c(=O)c2cc(F)c(F)c(F)c2n1C. The lowest BCUT2D eigenvalue weighted by molar-refractivity contribution is -0.136. The molecule has 0 atom stereocenters. The lowest BCUT2D eigenvalue weighted by atomic mass is 10.0. The van der Waals surface area contributed by atoms with Gasteiger partial charge in [-0.3, -0.25) is 9.59 Å². The van der Waals surface area contributed by atoms with E-state index in [0.29, 0.717) is 11.8 Å². The van der Waals surface area contributed by atoms with Crippen LogP contribution < -0.4 is 5.43 Å². The van der Waals surface area contributed by atoms with Crippen molar-refractivity contribution in [3.63, 3.8) is 0 Å². The van der Waals surface area contributed by atoms with E-state index in [4.69, 9.17) is 5.11 Å². The molecule has 2 aromatic rings. The molecule has 1 aromatic heterocycles. The second kappa shape index (κ2) is 5.23. The number of hydrogen-bond donors (Lipinski definition) is 1. The van der Waals surface area contributed by atoms with Crippen LogP contribution in [0.5, 0.6) is 0 Å². The molecule has 0 saturated heterocycles. The van der Waals surface area contributed by atoms with E-state index in [9.17, 15) is 22.8 Å². The molecule has 112 valence electrons. The predicted molar refractivity (Wildman–Crippen MR) is 69.8 cm³/mol. The van der Waals surface area contributed by atoms with Crippen LogP contribution in [0.1, 0.15) is 17.7 Å². The van der Waals surface area contributed by atoms with E-state index in [1.54, 1.807) is 0 Å². The lowest BCUT2D eigenvalue weighted by Gasteiger charge is -2.15. The predicted octanol–water partition coefficient (Wildman–Crippen LogP) is 2.28. The molecule has 1 N–H and O–H groups in total. The number of fused-ring (bicyclic) bond motifs is 1. The summed E-state index contributed by atoms with van der Waals surface area (Å²) < 4.78 is 41.7. The van der Waals surface area contributed by atoms with Crippen molar-refractivity contribution in [3.8, 4) is 0 Å². The Balaban J connectivity index is 2.84. The van der Waals surface area contributed by atoms with Crippen molar-refractivity contribution in [1.82, 2.24) is 4.57 Å². The Hall–Kier alpha value is -2.31. The maximum atomic E-state index is 13.9. The smallest absolute Gasteiger partial charge is 0.303 e. The highest BCUT2D eigenvalue weighted by atomic mass is 19.2. The fourth-order valence-electron chi connectivity index (χ4n) is 2.31. The summed E-state index contributed by atoms with van der Waals surface area (Å²) in [5.74, 6) is -5.62. The van der Waals surface area contributed by atoms with Gasteiger partial charge >= 0.3 is 5.97 Å². The first-order valence-corrected chi connectivity index (χ1v) is 6.13. The highest BCUT2D eigenvalue weighted by Crippen LogP contribution is 2.23. The van der Waals surface area contributed by atoms with Crippen LogP contribution in [-0.2, 0) is 18.3 Å². The van der Waals surface area contributed by atoms with Crippen molar-refractivity contribution < 1.29 is 23.1 Å². The molecular weight excluding hydrogens is 287 g/mol. The van der Waals surface area contributed by atoms with Crippen molar-refractivity contribution in [2.45, 2.75) is 19.8 Å². The van der Waals surface area contributed by atoms with E-state index >= 15 is 0 Å². The number of pyridine rings is 1. The molecule has 0 amide bonds. The number of carboxylic acids is 1. The number of halogens is 3. The van der Waals surface area contributed by atoms with E-state index in [1.807, 2.05) is 0 Å². The van der Waals surface area contributed by atoms with Crippen molar-refractivity contribution in [2.75, 3.05) is 0 Å². The van der Waals surface area contributed by atoms with Crippen LogP contribution in [0.4, 0.5) is 13.2 Å². The molecule has 21 heavy (non-hydrogen) atoms. The Bertz CT molecular complexity index is 812. The average Bonchev–Trinajstić information content (AvgIpc) is 2.41. The van der Waals surface area contributed by atoms with Crippen molar-refractivity contribution >= 4 is 16.9 Å². The van der Waals surface area contributed by atoms with Gasteiger partial charge in [-0.1, -0.05) is 0 Å². The van der Waals surface area contributed by atoms with Crippen LogP contribution in [0.3, 0.4) is 0 Å². The van der Waals surface area contributed by atoms with Gasteiger partial charge in [0.25, 0.3) is 0 Å². The third-order valence-electron chi connectivity index (χ3n) is 3.52. The highest BCUT2D eigenvalue weighted by molar-refractivity contribution is 5.81. The minimum atomic E-state index is -1.64. The molecule has 2 rings (SSSR count). The number of aryl methyl sites for hydroxylation is 1. The van der Waals surface area contributed by atoms with Crippen LogP contribution in [0.2, 0.25) is 0 Å². The van der Waals surface area contributed by atoms with Crippen LogP contribution in [0, 0.1) is 24.4 Å². The summed E-state index contributed by atoms with van der Waals surface area (Å²) in [6.07, 6.45) is -0.349. The number of hydrogen-bond acceptors (Lipinski definition) is 2. The first-order valence-electron chi connectivity index (χ1n) is 6.13. The molecule has 1 aromatic carbocycles. The molecule has 7 heteroatoms. The van der Waals surface area contributed by atoms with Gasteiger partial charge in [-0.15, -0.1) is 0 Å². The number of aromatic nitrogens is 1. The number of benzene rings is 1. The Labute approximate surface area is 117 Å². The molecule has 0 saturated carbocycles. The van der Waals surface area contributed by atoms with E-state index in [0.717, 1.165) is 0 Å². The third kappa shape index (κ3) is 2.39. The monoisotopic (exact) mass is 299 g/mol. The van der Waals surface area contributed by atoms with Crippen LogP contribution in [-0.4, -0.2) is 15.6 Å². The molecule has 4 nitrogen and oxygen atoms in total. The minimum Gasteiger partial charge on any atom is -0.481 e. The van der Waals surface area contributed by atoms with Crippen molar-refractivity contribution in [3.05, 3.63) is 45.0 Å². The minimum absolute atomic E-state index is 0.0651. The second-order valence-electron chi connectivity index (χ2n) is 4.73. The molecular formula is C14H12F3NO3. The van der Waals surface area contributed by atoms with Crippen molar-refractivity contribution in [1.29, 1.82) is 0 Å². The number of aliphatic carboxylic acids is 1. The highest BCUT2D eigenvalue weighted by Gasteiger charge is 2.21. The standard InChI is InChI=1S/C14H12F3NO3/c1-6-7(3-4-10(19)20)14(21)8-5-9(15)11(16)12(17)13(8)18(6)2/h5H,3-4H2,1-2H3,(H,19,20). The normalized spacial score (nSPS) is 11.1. The largest absolute Gasteiger partial charge is 0.481 e. The number of carbonyl (C=O) groups is 1. The summed E-state index contributed by atoms with van der Waals surface area (Å²) in [7, 11) is 1.40. The average molecular weight is 299 g/mol. The van der Waals surface area contributed by atoms with Gasteiger partial charge in [0.2, 0.25) is 0 Å². The molecule has 1 heterocycles. The molecule has 0 aliphatic carbocycles. The van der Waals surface area contributed by atoms with Gasteiger partial charge < -0.3 is 9.67 Å². The zero-order chi connectivity index (χ0) is 15.9. The number of rotatable bonds is 3. The Morgan fingerprint density at radius 1 is 1.29 bits per heavy atom. The van der Waals surface area contributed by atoms with Gasteiger partial charge in [0.05, 0.1) is 10.9 Å². The van der Waals surface area contributed by atoms with Crippen LogP contribution in [0.25, 0.3) is 10.9 Å². The lowest BCUT2D eigenvalue weighted by Crippen LogP contribution is -2.20. The summed E-state index contributed by atoms with van der Waals surface area (Å²) in [5.41, 5.74) is -0.549. The molecule has 0 radical (unpaired) electrons. The Kier molecular flexibility index (Phi) is 3.76. The summed E-state index contributed by atoms with van der Waals surface area (Å²) in [6.45, 7) is 1.50. The zero-order valence-electron chi connectivity index (χ0n) is 11.3. The molecule has 0 unspecified atom stereocenters. The van der Waals surface area contributed by atoms with Crippen LogP contribution in [0.15, 0.2) is 10.9 Å². The summed E-state index contributed by atoms with van der Waals surface area (Å²) in [6, 6.07) is 0.639. The molecule has 0 bridgehead atoms. The van der Waals surface area contributed by atoms with E-state index in [2.05, 4.69) is 0 Å². The van der Waals surface area contributed by atoms with E-state index in [1.165, 1.54) is 18.5 Å². The summed E-state index contributed by atoms with van der Waals surface area (Å²) in [4.78, 5) is 22.9. The van der Waals surface area contributed by atoms with Gasteiger partial charge in [0.1, 0.15) is 0 Å². The molecule has 0 fully saturated rings. The van der Waals surface area contributed by atoms with Gasteiger partial charge in [-0.2, -0.15) is 0 Å². The molecule has 0 spiro atoms. The van der Waals surface area contributed by atoms with Crippen LogP contribution >= 0.6 is 0 Å². The maximum absolute atomic E-state index is 13.9. The number of nitrogens with zero attached hydrogens (tertiary/aromatic N) is 1. The fourth-order valence-corrected chi connectivity index (χ4v) is 2.31. The van der Waals surface area contributed by atoms with E-state index in [-0.39, 0.29) is 29.3 Å². The van der Waals surface area contributed by atoms with Crippen molar-refractivity contribution in [2.24, 2.45) is 7.05 Å². The van der Waals surface area contributed by atoms with Gasteiger partial charge in [0.15, 0.2) is 22.9 Å². The van der Waals surface area contributed by atoms with E-state index < -0.39 is 28.8 Å². The quantitative estimate of drug-likeness (QED) is 0.885. The summed E-state index contributed by atoms with van der Waals surface area (Å²) in [5, 5.41) is 8.38. The Morgan fingerprint density at radius 2 is 1.90 bits per heavy atom. The number of carboxylic acid groups (broad SMARTS) is 1. The molecule has 0 aliphatic rings. The van der Waals surface area contributed by atoms with Gasteiger partial charge in [0, 0.05) is 24.7 Å². The topological polar surface area (TPSA) is 59.3 Å². The second-order valence-corrected chi connectivity index (χ2v) is 4.73. The molecule has 0 aliphatic heterocycles. The first kappa shape index (κ1) is 15.1. The Morgan fingerprint density at radius 3 is 2.48 bits per heavy atom. The summed E-state index contributed by atoms with van der Waals surface area (Å²) >= 11 is 0. The zero-order valence-corrected chi connectivity index (χ0v) is 11.3. The van der Waals surface area contributed by atoms with Gasteiger partial charge in [-0.25, -0.2) is 13.2 Å². The maximum Gasteiger partial charge on any atom is 0.303 e. The first-order chi connectivity index (χ1) is 9.75.